The van der Waals surface area contributed by atoms with E-state index in [0.717, 1.165) is 24.0 Å². The molecule has 0 unspecified atom stereocenters. The van der Waals surface area contributed by atoms with Gasteiger partial charge in [0.25, 0.3) is 5.91 Å². The zero-order valence-corrected chi connectivity index (χ0v) is 17.7. The van der Waals surface area contributed by atoms with Gasteiger partial charge in [-0.3, -0.25) is 9.48 Å². The first-order chi connectivity index (χ1) is 14.7. The molecule has 2 atom stereocenters. The molecular formula is C25H29N3O2. The summed E-state index contributed by atoms with van der Waals surface area (Å²) in [4.78, 5) is 13.3. The molecule has 3 aromatic rings. The van der Waals surface area contributed by atoms with Crippen LogP contribution in [0.4, 0.5) is 0 Å². The van der Waals surface area contributed by atoms with Gasteiger partial charge in [0, 0.05) is 17.8 Å². The highest BCUT2D eigenvalue weighted by molar-refractivity contribution is 6.00. The fraction of sp³-hybridized carbons (Fsp3) is 0.360. The van der Waals surface area contributed by atoms with Crippen LogP contribution in [-0.4, -0.2) is 28.8 Å². The molecule has 1 amide bonds. The van der Waals surface area contributed by atoms with Gasteiger partial charge in [-0.15, -0.1) is 0 Å². The summed E-state index contributed by atoms with van der Waals surface area (Å²) in [6.45, 7) is 2.83. The van der Waals surface area contributed by atoms with E-state index in [1.54, 1.807) is 7.11 Å². The zero-order chi connectivity index (χ0) is 20.9. The van der Waals surface area contributed by atoms with Crippen LogP contribution in [0.2, 0.25) is 0 Å². The molecule has 156 valence electrons. The van der Waals surface area contributed by atoms with Crippen molar-refractivity contribution in [2.24, 2.45) is 5.92 Å². The number of aromatic nitrogens is 2. The van der Waals surface area contributed by atoms with Gasteiger partial charge in [-0.2, -0.15) is 5.10 Å². The van der Waals surface area contributed by atoms with Crippen molar-refractivity contribution in [1.29, 1.82) is 0 Å². The minimum Gasteiger partial charge on any atom is -0.496 e. The van der Waals surface area contributed by atoms with Gasteiger partial charge in [0.05, 0.1) is 19.2 Å². The number of methoxy groups -OCH3 is 1. The lowest BCUT2D eigenvalue weighted by Crippen LogP contribution is -2.41. The Morgan fingerprint density at radius 3 is 2.60 bits per heavy atom. The van der Waals surface area contributed by atoms with Crippen LogP contribution in [0, 0.1) is 5.92 Å². The summed E-state index contributed by atoms with van der Waals surface area (Å²) < 4.78 is 7.39. The molecule has 1 saturated carbocycles. The Labute approximate surface area is 178 Å². The van der Waals surface area contributed by atoms with Crippen molar-refractivity contribution in [3.63, 3.8) is 0 Å². The number of ether oxygens (including phenoxy) is 1. The van der Waals surface area contributed by atoms with Crippen molar-refractivity contribution in [2.45, 2.75) is 45.2 Å². The molecule has 1 fully saturated rings. The van der Waals surface area contributed by atoms with Crippen molar-refractivity contribution >= 4 is 5.91 Å². The smallest absolute Gasteiger partial charge is 0.255 e. The molecule has 1 aromatic heterocycles. The maximum Gasteiger partial charge on any atom is 0.255 e. The first-order valence-electron chi connectivity index (χ1n) is 10.7. The molecule has 1 heterocycles. The van der Waals surface area contributed by atoms with E-state index in [2.05, 4.69) is 24.4 Å². The number of para-hydroxylation sites is 1. The molecule has 0 saturated heterocycles. The summed E-state index contributed by atoms with van der Waals surface area (Å²) in [6.07, 6.45) is 6.47. The lowest BCUT2D eigenvalue weighted by molar-refractivity contribution is 0.0911. The van der Waals surface area contributed by atoms with Crippen LogP contribution in [0.5, 0.6) is 5.75 Å². The van der Waals surface area contributed by atoms with Crippen LogP contribution in [0.1, 0.15) is 48.5 Å². The number of carbonyl (C=O) groups is 1. The number of amides is 1. The number of benzene rings is 2. The van der Waals surface area contributed by atoms with Gasteiger partial charge in [0.15, 0.2) is 0 Å². The SMILES string of the molecule is COc1ccccc1-c1nn(Cc2ccccc2)cc1C(=O)N[C@H]1CCCC[C@H]1C. The quantitative estimate of drug-likeness (QED) is 0.636. The van der Waals surface area contributed by atoms with Gasteiger partial charge in [-0.1, -0.05) is 62.2 Å². The Balaban J connectivity index is 1.68. The van der Waals surface area contributed by atoms with Gasteiger partial charge in [-0.05, 0) is 36.5 Å². The molecule has 30 heavy (non-hydrogen) atoms. The first-order valence-corrected chi connectivity index (χ1v) is 10.7. The van der Waals surface area contributed by atoms with Crippen molar-refractivity contribution in [3.05, 3.63) is 71.9 Å². The average molecular weight is 404 g/mol. The van der Waals surface area contributed by atoms with E-state index in [0.29, 0.717) is 29.5 Å². The number of nitrogens with one attached hydrogen (secondary N) is 1. The Morgan fingerprint density at radius 2 is 1.83 bits per heavy atom. The molecule has 2 aromatic carbocycles. The zero-order valence-electron chi connectivity index (χ0n) is 17.7. The van der Waals surface area contributed by atoms with E-state index in [4.69, 9.17) is 9.84 Å². The lowest BCUT2D eigenvalue weighted by Gasteiger charge is -2.29. The van der Waals surface area contributed by atoms with E-state index in [-0.39, 0.29) is 11.9 Å². The van der Waals surface area contributed by atoms with E-state index in [9.17, 15) is 4.79 Å². The van der Waals surface area contributed by atoms with Crippen LogP contribution in [0.15, 0.2) is 60.8 Å². The second-order valence-electron chi connectivity index (χ2n) is 8.12. The van der Waals surface area contributed by atoms with Gasteiger partial charge < -0.3 is 10.1 Å². The monoisotopic (exact) mass is 403 g/mol. The fourth-order valence-corrected chi connectivity index (χ4v) is 4.26. The van der Waals surface area contributed by atoms with Gasteiger partial charge in [0.1, 0.15) is 11.4 Å². The Bertz CT molecular complexity index is 997. The maximum absolute atomic E-state index is 13.3. The summed E-state index contributed by atoms with van der Waals surface area (Å²) in [7, 11) is 1.64. The fourth-order valence-electron chi connectivity index (χ4n) is 4.26. The minimum absolute atomic E-state index is 0.0611. The molecule has 0 aliphatic heterocycles. The summed E-state index contributed by atoms with van der Waals surface area (Å²) in [6, 6.07) is 18.1. The van der Waals surface area contributed by atoms with Gasteiger partial charge in [0.2, 0.25) is 0 Å². The highest BCUT2D eigenvalue weighted by Crippen LogP contribution is 2.32. The molecule has 1 N–H and O–H groups in total. The van der Waals surface area contributed by atoms with Crippen LogP contribution in [-0.2, 0) is 6.54 Å². The van der Waals surface area contributed by atoms with Gasteiger partial charge >= 0.3 is 0 Å². The molecular weight excluding hydrogens is 374 g/mol. The van der Waals surface area contributed by atoms with Crippen molar-refractivity contribution in [1.82, 2.24) is 15.1 Å². The van der Waals surface area contributed by atoms with Crippen LogP contribution >= 0.6 is 0 Å². The normalized spacial score (nSPS) is 18.7. The van der Waals surface area contributed by atoms with Crippen LogP contribution in [0.25, 0.3) is 11.3 Å². The van der Waals surface area contributed by atoms with Crippen LogP contribution in [0.3, 0.4) is 0 Å². The topological polar surface area (TPSA) is 56.2 Å². The third kappa shape index (κ3) is 4.40. The van der Waals surface area contributed by atoms with Crippen molar-refractivity contribution < 1.29 is 9.53 Å². The minimum atomic E-state index is -0.0611. The summed E-state index contributed by atoms with van der Waals surface area (Å²) in [5.74, 6) is 1.15. The Morgan fingerprint density at radius 1 is 1.10 bits per heavy atom. The summed E-state index contributed by atoms with van der Waals surface area (Å²) >= 11 is 0. The molecule has 4 rings (SSSR count). The van der Waals surface area contributed by atoms with E-state index >= 15 is 0 Å². The van der Waals surface area contributed by atoms with E-state index in [1.807, 2.05) is 53.3 Å². The summed E-state index contributed by atoms with van der Waals surface area (Å²) in [5.41, 5.74) is 3.21. The highest BCUT2D eigenvalue weighted by Gasteiger charge is 2.26. The third-order valence-corrected chi connectivity index (χ3v) is 5.98. The van der Waals surface area contributed by atoms with Crippen molar-refractivity contribution in [2.75, 3.05) is 7.11 Å². The maximum atomic E-state index is 13.3. The van der Waals surface area contributed by atoms with Crippen molar-refractivity contribution in [3.8, 4) is 17.0 Å². The standard InChI is InChI=1S/C25H29N3O2/c1-18-10-6-8-14-22(18)26-25(29)21-17-28(16-19-11-4-3-5-12-19)27-24(21)20-13-7-9-15-23(20)30-2/h3-5,7,9,11-13,15,17-18,22H,6,8,10,14,16H2,1-2H3,(H,26,29)/t18-,22+/m1/s1. The second kappa shape index (κ2) is 9.16. The largest absolute Gasteiger partial charge is 0.496 e. The van der Waals surface area contributed by atoms with E-state index < -0.39 is 0 Å². The second-order valence-corrected chi connectivity index (χ2v) is 8.12. The number of nitrogens with zero attached hydrogens (tertiary/aromatic N) is 2. The number of hydrogen-bond acceptors (Lipinski definition) is 3. The number of hydrogen-bond donors (Lipinski definition) is 1. The predicted molar refractivity (Wildman–Crippen MR) is 119 cm³/mol. The molecule has 0 bridgehead atoms. The first kappa shape index (κ1) is 20.2. The number of carbonyl (C=O) groups excluding carboxylic acids is 1. The Kier molecular flexibility index (Phi) is 6.17. The molecule has 1 aliphatic carbocycles. The average Bonchev–Trinajstić information content (AvgIpc) is 3.19. The third-order valence-electron chi connectivity index (χ3n) is 5.98. The molecule has 0 radical (unpaired) electrons. The van der Waals surface area contributed by atoms with E-state index in [1.165, 1.54) is 12.8 Å². The highest BCUT2D eigenvalue weighted by atomic mass is 16.5. The lowest BCUT2D eigenvalue weighted by atomic mass is 9.86. The molecule has 0 spiro atoms. The van der Waals surface area contributed by atoms with Crippen LogP contribution < -0.4 is 10.1 Å². The summed E-state index contributed by atoms with van der Waals surface area (Å²) in [5, 5.41) is 8.07. The van der Waals surface area contributed by atoms with Gasteiger partial charge in [-0.25, -0.2) is 0 Å². The predicted octanol–water partition coefficient (Wildman–Crippen LogP) is 4.92. The Hall–Kier alpha value is -3.08. The number of rotatable bonds is 6. The molecule has 5 nitrogen and oxygen atoms in total. The molecule has 5 heteroatoms. The molecule has 1 aliphatic rings.